The molecule has 0 bridgehead atoms. The fourth-order valence-electron chi connectivity index (χ4n) is 4.41. The Morgan fingerprint density at radius 1 is 1.15 bits per heavy atom. The SMILES string of the molecule is CCNC(=NCc1cc(C)c(O)c(C)c1)N1CCC(CN2CCCCC2)C1. The predicted octanol–water partition coefficient (Wildman–Crippen LogP) is 3.28. The normalized spacial score (nSPS) is 21.7. The molecule has 1 aromatic rings. The molecule has 0 aliphatic carbocycles. The standard InChI is InChI=1S/C22H36N4O/c1-4-23-22(24-14-20-12-17(2)21(27)18(3)13-20)26-11-8-19(16-26)15-25-9-6-5-7-10-25/h12-13,19,27H,4-11,14-16H2,1-3H3,(H,23,24). The lowest BCUT2D eigenvalue weighted by molar-refractivity contribution is 0.198. The van der Waals surface area contributed by atoms with Crippen LogP contribution in [0.1, 0.15) is 49.3 Å². The van der Waals surface area contributed by atoms with Crippen LogP contribution in [0.25, 0.3) is 0 Å². The maximum Gasteiger partial charge on any atom is 0.194 e. The van der Waals surface area contributed by atoms with E-state index < -0.39 is 0 Å². The Balaban J connectivity index is 1.60. The Morgan fingerprint density at radius 3 is 2.52 bits per heavy atom. The lowest BCUT2D eigenvalue weighted by atomic mass is 10.1. The van der Waals surface area contributed by atoms with Crippen molar-refractivity contribution in [3.63, 3.8) is 0 Å². The van der Waals surface area contributed by atoms with Gasteiger partial charge >= 0.3 is 0 Å². The summed E-state index contributed by atoms with van der Waals surface area (Å²) in [4.78, 5) is 9.98. The molecule has 0 saturated carbocycles. The molecule has 5 nitrogen and oxygen atoms in total. The molecule has 150 valence electrons. The van der Waals surface area contributed by atoms with Crippen LogP contribution < -0.4 is 5.32 Å². The average Bonchev–Trinajstić information content (AvgIpc) is 3.12. The number of hydrogen-bond acceptors (Lipinski definition) is 3. The summed E-state index contributed by atoms with van der Waals surface area (Å²) in [6.45, 7) is 13.6. The van der Waals surface area contributed by atoms with Crippen LogP contribution in [0, 0.1) is 19.8 Å². The first-order valence-corrected chi connectivity index (χ1v) is 10.6. The van der Waals surface area contributed by atoms with Gasteiger partial charge in [0.25, 0.3) is 0 Å². The largest absolute Gasteiger partial charge is 0.507 e. The van der Waals surface area contributed by atoms with E-state index in [-0.39, 0.29) is 0 Å². The molecule has 0 amide bonds. The molecule has 2 aliphatic rings. The van der Waals surface area contributed by atoms with Gasteiger partial charge in [-0.15, -0.1) is 0 Å². The van der Waals surface area contributed by atoms with Crippen molar-refractivity contribution in [3.8, 4) is 5.75 Å². The average molecular weight is 373 g/mol. The van der Waals surface area contributed by atoms with Crippen LogP contribution in [-0.4, -0.2) is 60.1 Å². The molecule has 1 unspecified atom stereocenters. The van der Waals surface area contributed by atoms with Gasteiger partial charge in [-0.25, -0.2) is 4.99 Å². The molecule has 2 fully saturated rings. The first kappa shape index (κ1) is 20.0. The molecule has 27 heavy (non-hydrogen) atoms. The zero-order valence-corrected chi connectivity index (χ0v) is 17.3. The number of benzene rings is 1. The molecule has 0 aromatic heterocycles. The van der Waals surface area contributed by atoms with Gasteiger partial charge in [-0.3, -0.25) is 0 Å². The molecule has 3 rings (SSSR count). The number of guanidine groups is 1. The zero-order chi connectivity index (χ0) is 19.2. The molecule has 5 heteroatoms. The van der Waals surface area contributed by atoms with Gasteiger partial charge in [0.15, 0.2) is 5.96 Å². The first-order valence-electron chi connectivity index (χ1n) is 10.6. The van der Waals surface area contributed by atoms with E-state index in [4.69, 9.17) is 4.99 Å². The highest BCUT2D eigenvalue weighted by Crippen LogP contribution is 2.24. The molecule has 1 aromatic carbocycles. The van der Waals surface area contributed by atoms with E-state index in [1.807, 2.05) is 26.0 Å². The quantitative estimate of drug-likeness (QED) is 0.615. The molecular weight excluding hydrogens is 336 g/mol. The van der Waals surface area contributed by atoms with Crippen LogP contribution >= 0.6 is 0 Å². The van der Waals surface area contributed by atoms with E-state index in [2.05, 4.69) is 22.0 Å². The number of rotatable bonds is 5. The predicted molar refractivity (Wildman–Crippen MR) is 112 cm³/mol. The number of aryl methyl sites for hydroxylation is 2. The second kappa shape index (κ2) is 9.45. The van der Waals surface area contributed by atoms with Crippen molar-refractivity contribution in [2.45, 2.75) is 53.0 Å². The van der Waals surface area contributed by atoms with Crippen molar-refractivity contribution in [1.82, 2.24) is 15.1 Å². The zero-order valence-electron chi connectivity index (χ0n) is 17.3. The van der Waals surface area contributed by atoms with Crippen molar-refractivity contribution >= 4 is 5.96 Å². The minimum atomic E-state index is 0.398. The van der Waals surface area contributed by atoms with Gasteiger partial charge in [-0.1, -0.05) is 18.6 Å². The molecule has 2 saturated heterocycles. The Hall–Kier alpha value is -1.75. The lowest BCUT2D eigenvalue weighted by Crippen LogP contribution is -2.41. The number of phenolic OH excluding ortho intramolecular Hbond substituents is 1. The van der Waals surface area contributed by atoms with E-state index >= 15 is 0 Å². The summed E-state index contributed by atoms with van der Waals surface area (Å²) in [5.41, 5.74) is 3.00. The van der Waals surface area contributed by atoms with Gasteiger partial charge in [0.2, 0.25) is 0 Å². The number of nitrogens with one attached hydrogen (secondary N) is 1. The van der Waals surface area contributed by atoms with Crippen molar-refractivity contribution in [1.29, 1.82) is 0 Å². The van der Waals surface area contributed by atoms with Crippen LogP contribution in [0.3, 0.4) is 0 Å². The van der Waals surface area contributed by atoms with Crippen LogP contribution in [-0.2, 0) is 6.54 Å². The molecule has 2 heterocycles. The third-order valence-electron chi connectivity index (χ3n) is 5.85. The van der Waals surface area contributed by atoms with Gasteiger partial charge in [0.05, 0.1) is 6.54 Å². The highest BCUT2D eigenvalue weighted by atomic mass is 16.3. The second-order valence-corrected chi connectivity index (χ2v) is 8.21. The van der Waals surface area contributed by atoms with E-state index in [0.29, 0.717) is 12.3 Å². The number of aliphatic imine (C=N–C) groups is 1. The van der Waals surface area contributed by atoms with Gasteiger partial charge in [-0.05, 0) is 75.7 Å². The van der Waals surface area contributed by atoms with Gasteiger partial charge in [0.1, 0.15) is 5.75 Å². The summed E-state index contributed by atoms with van der Waals surface area (Å²) in [6, 6.07) is 4.08. The van der Waals surface area contributed by atoms with Crippen molar-refractivity contribution in [3.05, 3.63) is 28.8 Å². The first-order chi connectivity index (χ1) is 13.1. The Kier molecular flexibility index (Phi) is 7.00. The summed E-state index contributed by atoms with van der Waals surface area (Å²) in [5.74, 6) is 2.18. The van der Waals surface area contributed by atoms with Crippen LogP contribution in [0.5, 0.6) is 5.75 Å². The minimum absolute atomic E-state index is 0.398. The molecule has 2 N–H and O–H groups in total. The summed E-state index contributed by atoms with van der Waals surface area (Å²) < 4.78 is 0. The number of phenols is 1. The molecule has 0 spiro atoms. The number of hydrogen-bond donors (Lipinski definition) is 2. The maximum absolute atomic E-state index is 9.97. The monoisotopic (exact) mass is 372 g/mol. The fourth-order valence-corrected chi connectivity index (χ4v) is 4.41. The number of likely N-dealkylation sites (tertiary alicyclic amines) is 2. The van der Waals surface area contributed by atoms with E-state index in [1.165, 1.54) is 45.3 Å². The third-order valence-corrected chi connectivity index (χ3v) is 5.85. The molecule has 2 aliphatic heterocycles. The Bertz CT molecular complexity index is 629. The summed E-state index contributed by atoms with van der Waals surface area (Å²) in [6.07, 6.45) is 5.40. The van der Waals surface area contributed by atoms with Crippen LogP contribution in [0.4, 0.5) is 0 Å². The Labute approximate surface area is 164 Å². The molecule has 1 atom stereocenters. The molecular formula is C22H36N4O. The highest BCUT2D eigenvalue weighted by molar-refractivity contribution is 5.80. The number of aromatic hydroxyl groups is 1. The van der Waals surface area contributed by atoms with Gasteiger partial charge in [0, 0.05) is 26.2 Å². The van der Waals surface area contributed by atoms with Crippen molar-refractivity contribution in [2.24, 2.45) is 10.9 Å². The number of piperidine rings is 1. The van der Waals surface area contributed by atoms with E-state index in [0.717, 1.165) is 48.2 Å². The summed E-state index contributed by atoms with van der Waals surface area (Å²) in [5, 5.41) is 13.4. The highest BCUT2D eigenvalue weighted by Gasteiger charge is 2.26. The fraction of sp³-hybridized carbons (Fsp3) is 0.682. The van der Waals surface area contributed by atoms with Gasteiger partial charge < -0.3 is 20.2 Å². The topological polar surface area (TPSA) is 51.1 Å². The van der Waals surface area contributed by atoms with Crippen LogP contribution in [0.15, 0.2) is 17.1 Å². The smallest absolute Gasteiger partial charge is 0.194 e. The summed E-state index contributed by atoms with van der Waals surface area (Å²) >= 11 is 0. The second-order valence-electron chi connectivity index (χ2n) is 8.21. The lowest BCUT2D eigenvalue weighted by Gasteiger charge is -2.29. The third kappa shape index (κ3) is 5.38. The maximum atomic E-state index is 9.97. The van der Waals surface area contributed by atoms with E-state index in [1.54, 1.807) is 0 Å². The van der Waals surface area contributed by atoms with E-state index in [9.17, 15) is 5.11 Å². The van der Waals surface area contributed by atoms with Gasteiger partial charge in [-0.2, -0.15) is 0 Å². The summed E-state index contributed by atoms with van der Waals surface area (Å²) in [7, 11) is 0. The van der Waals surface area contributed by atoms with Crippen molar-refractivity contribution in [2.75, 3.05) is 39.3 Å². The molecule has 0 radical (unpaired) electrons. The van der Waals surface area contributed by atoms with Crippen LogP contribution in [0.2, 0.25) is 0 Å². The van der Waals surface area contributed by atoms with Crippen molar-refractivity contribution < 1.29 is 5.11 Å². The number of nitrogens with zero attached hydrogens (tertiary/aromatic N) is 3. The Morgan fingerprint density at radius 2 is 1.85 bits per heavy atom. The minimum Gasteiger partial charge on any atom is -0.507 e.